The minimum Gasteiger partial charge on any atom is -0.279 e. The molecule has 0 unspecified atom stereocenters. The number of halogens is 1. The maximum atomic E-state index is 13.7. The van der Waals surface area contributed by atoms with Gasteiger partial charge in [0, 0.05) is 17.2 Å². The molecule has 3 aromatic rings. The van der Waals surface area contributed by atoms with Gasteiger partial charge in [0.05, 0.1) is 16.7 Å². The molecule has 0 aliphatic heterocycles. The molecule has 0 saturated carbocycles. The lowest BCUT2D eigenvalue weighted by Gasteiger charge is -2.15. The van der Waals surface area contributed by atoms with Crippen LogP contribution < -0.4 is 4.72 Å². The molecular formula is C23H19FN2O2S. The van der Waals surface area contributed by atoms with Gasteiger partial charge in [0.2, 0.25) is 0 Å². The van der Waals surface area contributed by atoms with Crippen LogP contribution in [0.4, 0.5) is 10.1 Å². The van der Waals surface area contributed by atoms with Crippen LogP contribution in [0.5, 0.6) is 0 Å². The summed E-state index contributed by atoms with van der Waals surface area (Å²) in [5, 5.41) is 9.27. The SMILES string of the molecule is Cc1ccc(S(=O)(=O)Nc2ccccc2/C(=C/C#N)c2ccc(F)c(C)c2)cc1. The Morgan fingerprint density at radius 1 is 1.03 bits per heavy atom. The van der Waals surface area contributed by atoms with Gasteiger partial charge in [-0.1, -0.05) is 42.0 Å². The first-order valence-corrected chi connectivity index (χ1v) is 10.4. The fourth-order valence-electron chi connectivity index (χ4n) is 2.92. The molecule has 146 valence electrons. The number of rotatable bonds is 5. The van der Waals surface area contributed by atoms with E-state index < -0.39 is 10.0 Å². The third-order valence-corrected chi connectivity index (χ3v) is 5.85. The van der Waals surface area contributed by atoms with E-state index >= 15 is 0 Å². The molecule has 0 fully saturated rings. The molecule has 3 rings (SSSR count). The second kappa shape index (κ2) is 8.29. The number of nitrogens with zero attached hydrogens (tertiary/aromatic N) is 1. The van der Waals surface area contributed by atoms with Crippen LogP contribution in [0.15, 0.2) is 77.7 Å². The van der Waals surface area contributed by atoms with Crippen molar-refractivity contribution in [2.24, 2.45) is 0 Å². The average Bonchev–Trinajstić information content (AvgIpc) is 2.69. The highest BCUT2D eigenvalue weighted by Crippen LogP contribution is 2.31. The minimum atomic E-state index is -3.82. The molecule has 0 aliphatic rings. The van der Waals surface area contributed by atoms with E-state index in [-0.39, 0.29) is 10.7 Å². The van der Waals surface area contributed by atoms with Crippen molar-refractivity contribution < 1.29 is 12.8 Å². The van der Waals surface area contributed by atoms with Crippen LogP contribution >= 0.6 is 0 Å². The summed E-state index contributed by atoms with van der Waals surface area (Å²) in [5.74, 6) is -0.349. The van der Waals surface area contributed by atoms with Crippen LogP contribution in [0, 0.1) is 31.0 Å². The van der Waals surface area contributed by atoms with Crippen LogP contribution in [0.1, 0.15) is 22.3 Å². The number of nitrogens with one attached hydrogen (secondary N) is 1. The van der Waals surface area contributed by atoms with Gasteiger partial charge >= 0.3 is 0 Å². The molecule has 0 spiro atoms. The van der Waals surface area contributed by atoms with Gasteiger partial charge in [0.25, 0.3) is 10.0 Å². The van der Waals surface area contributed by atoms with Crippen LogP contribution in [0.25, 0.3) is 5.57 Å². The van der Waals surface area contributed by atoms with Gasteiger partial charge in [-0.2, -0.15) is 5.26 Å². The van der Waals surface area contributed by atoms with Gasteiger partial charge in [-0.3, -0.25) is 4.72 Å². The Morgan fingerprint density at radius 2 is 1.72 bits per heavy atom. The van der Waals surface area contributed by atoms with Crippen molar-refractivity contribution >= 4 is 21.3 Å². The molecule has 0 aliphatic carbocycles. The van der Waals surface area contributed by atoms with Crippen LogP contribution in [-0.4, -0.2) is 8.42 Å². The smallest absolute Gasteiger partial charge is 0.261 e. The van der Waals surface area contributed by atoms with E-state index in [0.717, 1.165) is 5.56 Å². The van der Waals surface area contributed by atoms with Gasteiger partial charge < -0.3 is 0 Å². The molecule has 29 heavy (non-hydrogen) atoms. The lowest BCUT2D eigenvalue weighted by Crippen LogP contribution is -2.14. The highest BCUT2D eigenvalue weighted by atomic mass is 32.2. The molecule has 0 radical (unpaired) electrons. The van der Waals surface area contributed by atoms with Crippen molar-refractivity contribution in [3.63, 3.8) is 0 Å². The van der Waals surface area contributed by atoms with E-state index in [0.29, 0.717) is 28.0 Å². The monoisotopic (exact) mass is 406 g/mol. The molecule has 6 heteroatoms. The fourth-order valence-corrected chi connectivity index (χ4v) is 4.00. The van der Waals surface area contributed by atoms with Crippen LogP contribution in [0.3, 0.4) is 0 Å². The van der Waals surface area contributed by atoms with Gasteiger partial charge in [-0.25, -0.2) is 12.8 Å². The number of anilines is 1. The van der Waals surface area contributed by atoms with E-state index in [9.17, 15) is 18.1 Å². The third-order valence-electron chi connectivity index (χ3n) is 4.47. The number of sulfonamides is 1. The second-order valence-electron chi connectivity index (χ2n) is 6.62. The number of hydrogen-bond acceptors (Lipinski definition) is 3. The van der Waals surface area contributed by atoms with Crippen LogP contribution in [-0.2, 0) is 10.0 Å². The molecule has 0 aromatic heterocycles. The summed E-state index contributed by atoms with van der Waals surface area (Å²) >= 11 is 0. The molecule has 3 aromatic carbocycles. The number of benzene rings is 3. The van der Waals surface area contributed by atoms with Gasteiger partial charge in [-0.15, -0.1) is 0 Å². The van der Waals surface area contributed by atoms with E-state index in [4.69, 9.17) is 0 Å². The fraction of sp³-hybridized carbons (Fsp3) is 0.0870. The number of aryl methyl sites for hydroxylation is 2. The second-order valence-corrected chi connectivity index (χ2v) is 8.30. The Bertz CT molecular complexity index is 1220. The predicted octanol–water partition coefficient (Wildman–Crippen LogP) is 5.20. The zero-order chi connectivity index (χ0) is 21.0. The molecule has 0 saturated heterocycles. The first kappa shape index (κ1) is 20.3. The first-order chi connectivity index (χ1) is 13.8. The topological polar surface area (TPSA) is 70.0 Å². The average molecular weight is 406 g/mol. The predicted molar refractivity (Wildman–Crippen MR) is 112 cm³/mol. The zero-order valence-electron chi connectivity index (χ0n) is 16.0. The summed E-state index contributed by atoms with van der Waals surface area (Å²) in [6, 6.07) is 19.8. The number of nitriles is 1. The van der Waals surface area contributed by atoms with E-state index in [1.807, 2.05) is 13.0 Å². The van der Waals surface area contributed by atoms with Gasteiger partial charge in [0.1, 0.15) is 5.82 Å². The molecule has 1 N–H and O–H groups in total. The van der Waals surface area contributed by atoms with Crippen molar-refractivity contribution in [2.75, 3.05) is 4.72 Å². The lowest BCUT2D eigenvalue weighted by molar-refractivity contribution is 0.601. The van der Waals surface area contributed by atoms with Crippen molar-refractivity contribution in [3.8, 4) is 6.07 Å². The quantitative estimate of drug-likeness (QED) is 0.592. The highest BCUT2D eigenvalue weighted by Gasteiger charge is 2.18. The van der Waals surface area contributed by atoms with Crippen LogP contribution in [0.2, 0.25) is 0 Å². The van der Waals surface area contributed by atoms with E-state index in [1.165, 1.54) is 24.3 Å². The number of hydrogen-bond donors (Lipinski definition) is 1. The van der Waals surface area contributed by atoms with Crippen molar-refractivity contribution in [1.82, 2.24) is 0 Å². The van der Waals surface area contributed by atoms with E-state index in [2.05, 4.69) is 4.72 Å². The maximum absolute atomic E-state index is 13.7. The molecule has 0 amide bonds. The lowest BCUT2D eigenvalue weighted by atomic mass is 9.95. The molecule has 0 heterocycles. The normalized spacial score (nSPS) is 11.7. The molecule has 0 atom stereocenters. The summed E-state index contributed by atoms with van der Waals surface area (Å²) < 4.78 is 42.0. The number of para-hydroxylation sites is 1. The Labute approximate surface area is 170 Å². The Morgan fingerprint density at radius 3 is 2.38 bits per heavy atom. The Balaban J connectivity index is 2.07. The Kier molecular flexibility index (Phi) is 5.81. The first-order valence-electron chi connectivity index (χ1n) is 8.87. The van der Waals surface area contributed by atoms with Crippen molar-refractivity contribution in [3.05, 3.63) is 101 Å². The summed E-state index contributed by atoms with van der Waals surface area (Å²) in [4.78, 5) is 0.140. The molecule has 4 nitrogen and oxygen atoms in total. The summed E-state index contributed by atoms with van der Waals surface area (Å²) in [6.45, 7) is 3.51. The molecular weight excluding hydrogens is 387 g/mol. The maximum Gasteiger partial charge on any atom is 0.261 e. The van der Waals surface area contributed by atoms with Gasteiger partial charge in [0.15, 0.2) is 0 Å². The largest absolute Gasteiger partial charge is 0.279 e. The van der Waals surface area contributed by atoms with Crippen molar-refractivity contribution in [2.45, 2.75) is 18.7 Å². The van der Waals surface area contributed by atoms with E-state index in [1.54, 1.807) is 55.5 Å². The van der Waals surface area contributed by atoms with Crippen molar-refractivity contribution in [1.29, 1.82) is 5.26 Å². The third kappa shape index (κ3) is 4.53. The number of allylic oxidation sites excluding steroid dienone is 1. The summed E-state index contributed by atoms with van der Waals surface area (Å²) in [5.41, 5.74) is 3.36. The molecule has 0 bridgehead atoms. The standard InChI is InChI=1S/C23H19FN2O2S/c1-16-7-10-19(11-8-16)29(27,28)26-23-6-4-3-5-21(23)20(13-14-25)18-9-12-22(24)17(2)15-18/h3-13,15,26H,1-2H3/b20-13+. The summed E-state index contributed by atoms with van der Waals surface area (Å²) in [7, 11) is -3.82. The highest BCUT2D eigenvalue weighted by molar-refractivity contribution is 7.92. The minimum absolute atomic E-state index is 0.140. The zero-order valence-corrected chi connectivity index (χ0v) is 16.8. The summed E-state index contributed by atoms with van der Waals surface area (Å²) in [6.07, 6.45) is 1.33. The Hall–Kier alpha value is -3.43. The van der Waals surface area contributed by atoms with Gasteiger partial charge in [-0.05, 0) is 55.3 Å².